The van der Waals surface area contributed by atoms with Gasteiger partial charge in [-0.25, -0.2) is 4.90 Å². The number of anilines is 1. The number of ether oxygens (including phenoxy) is 1. The Morgan fingerprint density at radius 1 is 1.13 bits per heavy atom. The van der Waals surface area contributed by atoms with Gasteiger partial charge < -0.3 is 4.74 Å². The summed E-state index contributed by atoms with van der Waals surface area (Å²) in [6, 6.07) is 14.6. The number of halogens is 1. The molecule has 2 aromatic rings. The summed E-state index contributed by atoms with van der Waals surface area (Å²) < 4.78 is 6.21. The van der Waals surface area contributed by atoms with E-state index in [0.717, 1.165) is 9.37 Å². The third-order valence-corrected chi connectivity index (χ3v) is 5.30. The maximum absolute atomic E-state index is 12.6. The van der Waals surface area contributed by atoms with Gasteiger partial charge in [-0.05, 0) is 36.4 Å². The van der Waals surface area contributed by atoms with Crippen LogP contribution in [0.4, 0.5) is 5.69 Å². The van der Waals surface area contributed by atoms with E-state index in [9.17, 15) is 9.59 Å². The Labute approximate surface area is 146 Å². The zero-order valence-electron chi connectivity index (χ0n) is 12.4. The van der Waals surface area contributed by atoms with Gasteiger partial charge in [-0.2, -0.15) is 0 Å². The molecule has 0 aromatic heterocycles. The summed E-state index contributed by atoms with van der Waals surface area (Å²) >= 11 is 4.72. The summed E-state index contributed by atoms with van der Waals surface area (Å²) in [4.78, 5) is 27.0. The highest BCUT2D eigenvalue weighted by atomic mass is 79.9. The summed E-state index contributed by atoms with van der Waals surface area (Å²) in [6.07, 6.45) is 0.192. The molecule has 1 aliphatic heterocycles. The van der Waals surface area contributed by atoms with Crippen LogP contribution >= 0.6 is 27.7 Å². The maximum Gasteiger partial charge on any atom is 0.247 e. The van der Waals surface area contributed by atoms with Crippen molar-refractivity contribution in [3.8, 4) is 5.75 Å². The average molecular weight is 392 g/mol. The molecular weight excluding hydrogens is 378 g/mol. The van der Waals surface area contributed by atoms with Gasteiger partial charge in [0, 0.05) is 10.9 Å². The predicted octanol–water partition coefficient (Wildman–Crippen LogP) is 3.88. The fourth-order valence-electron chi connectivity index (χ4n) is 2.43. The van der Waals surface area contributed by atoms with E-state index < -0.39 is 5.25 Å². The topological polar surface area (TPSA) is 46.6 Å². The fourth-order valence-corrected chi connectivity index (χ4v) is 3.85. The third kappa shape index (κ3) is 3.28. The molecule has 2 aromatic carbocycles. The Morgan fingerprint density at radius 2 is 1.83 bits per heavy atom. The lowest BCUT2D eigenvalue weighted by molar-refractivity contribution is -0.121. The molecule has 0 saturated carbocycles. The van der Waals surface area contributed by atoms with Crippen molar-refractivity contribution in [3.63, 3.8) is 0 Å². The van der Waals surface area contributed by atoms with E-state index in [4.69, 9.17) is 4.74 Å². The number of para-hydroxylation sites is 1. The van der Waals surface area contributed by atoms with Gasteiger partial charge in [0.15, 0.2) is 0 Å². The second kappa shape index (κ2) is 6.76. The number of hydrogen-bond donors (Lipinski definition) is 0. The normalized spacial score (nSPS) is 17.7. The quantitative estimate of drug-likeness (QED) is 0.741. The van der Waals surface area contributed by atoms with Crippen LogP contribution in [0.5, 0.6) is 5.75 Å². The molecule has 0 aliphatic carbocycles. The third-order valence-electron chi connectivity index (χ3n) is 3.53. The van der Waals surface area contributed by atoms with Gasteiger partial charge in [0.2, 0.25) is 11.8 Å². The molecule has 0 unspecified atom stereocenters. The minimum atomic E-state index is -0.428. The van der Waals surface area contributed by atoms with Crippen LogP contribution in [-0.2, 0) is 9.59 Å². The van der Waals surface area contributed by atoms with Crippen LogP contribution in [0.15, 0.2) is 57.9 Å². The first-order valence-corrected chi connectivity index (χ1v) is 8.69. The Morgan fingerprint density at radius 3 is 2.52 bits per heavy atom. The minimum absolute atomic E-state index is 0.176. The molecule has 2 amide bonds. The number of rotatable bonds is 4. The van der Waals surface area contributed by atoms with E-state index in [1.54, 1.807) is 19.2 Å². The fraction of sp³-hybridized carbons (Fsp3) is 0.176. The van der Waals surface area contributed by atoms with Crippen molar-refractivity contribution in [2.75, 3.05) is 12.0 Å². The molecule has 3 rings (SSSR count). The molecule has 1 heterocycles. The van der Waals surface area contributed by atoms with Crippen LogP contribution < -0.4 is 9.64 Å². The largest absolute Gasteiger partial charge is 0.496 e. The first-order chi connectivity index (χ1) is 11.1. The van der Waals surface area contributed by atoms with E-state index >= 15 is 0 Å². The number of methoxy groups -OCH3 is 1. The highest BCUT2D eigenvalue weighted by molar-refractivity contribution is 9.10. The lowest BCUT2D eigenvalue weighted by Crippen LogP contribution is -2.31. The Balaban J connectivity index is 1.82. The maximum atomic E-state index is 12.6. The van der Waals surface area contributed by atoms with Crippen molar-refractivity contribution in [3.05, 3.63) is 53.0 Å². The summed E-state index contributed by atoms with van der Waals surface area (Å²) in [6.45, 7) is 0. The van der Waals surface area contributed by atoms with Crippen molar-refractivity contribution >= 4 is 45.2 Å². The highest BCUT2D eigenvalue weighted by Gasteiger charge is 2.40. The second-order valence-electron chi connectivity index (χ2n) is 5.01. The zero-order valence-corrected chi connectivity index (χ0v) is 14.8. The zero-order chi connectivity index (χ0) is 16.4. The molecule has 1 atom stereocenters. The number of carbonyl (C=O) groups excluding carboxylic acids is 2. The predicted molar refractivity (Wildman–Crippen MR) is 93.9 cm³/mol. The number of benzene rings is 2. The van der Waals surface area contributed by atoms with E-state index in [1.165, 1.54) is 16.7 Å². The molecule has 1 saturated heterocycles. The van der Waals surface area contributed by atoms with Crippen molar-refractivity contribution < 1.29 is 14.3 Å². The smallest absolute Gasteiger partial charge is 0.247 e. The highest BCUT2D eigenvalue weighted by Crippen LogP contribution is 2.38. The molecule has 118 valence electrons. The van der Waals surface area contributed by atoms with Gasteiger partial charge in [-0.15, -0.1) is 11.8 Å². The summed E-state index contributed by atoms with van der Waals surface area (Å²) in [5, 5.41) is -0.428. The number of thioether (sulfide) groups is 1. The summed E-state index contributed by atoms with van der Waals surface area (Å²) in [7, 11) is 1.59. The van der Waals surface area contributed by atoms with E-state index in [-0.39, 0.29) is 18.2 Å². The van der Waals surface area contributed by atoms with Crippen LogP contribution in [0.2, 0.25) is 0 Å². The standard InChI is InChI=1S/C17H14BrNO3S/c1-22-13-4-2-3-5-14(13)23-15-10-16(20)19(17(15)21)12-8-6-11(18)7-9-12/h2-9,15H,10H2,1H3/t15-/m0/s1. The summed E-state index contributed by atoms with van der Waals surface area (Å²) in [5.74, 6) is 0.345. The molecule has 0 spiro atoms. The Bertz CT molecular complexity index is 748. The van der Waals surface area contributed by atoms with Crippen LogP contribution in [0.1, 0.15) is 6.42 Å². The van der Waals surface area contributed by atoms with E-state index in [1.807, 2.05) is 36.4 Å². The molecule has 4 nitrogen and oxygen atoms in total. The molecule has 0 radical (unpaired) electrons. The summed E-state index contributed by atoms with van der Waals surface area (Å²) in [5.41, 5.74) is 0.603. The number of amides is 2. The molecular formula is C17H14BrNO3S. The monoisotopic (exact) mass is 391 g/mol. The second-order valence-corrected chi connectivity index (χ2v) is 7.17. The van der Waals surface area contributed by atoms with Gasteiger partial charge in [-0.3, -0.25) is 9.59 Å². The molecule has 1 fully saturated rings. The first kappa shape index (κ1) is 16.1. The molecule has 1 aliphatic rings. The van der Waals surface area contributed by atoms with Gasteiger partial charge >= 0.3 is 0 Å². The lowest BCUT2D eigenvalue weighted by Gasteiger charge is -2.15. The van der Waals surface area contributed by atoms with Crippen LogP contribution in [0, 0.1) is 0 Å². The van der Waals surface area contributed by atoms with Crippen molar-refractivity contribution in [2.24, 2.45) is 0 Å². The van der Waals surface area contributed by atoms with Crippen molar-refractivity contribution in [1.29, 1.82) is 0 Å². The van der Waals surface area contributed by atoms with Gasteiger partial charge in [0.25, 0.3) is 0 Å². The van der Waals surface area contributed by atoms with Crippen molar-refractivity contribution in [1.82, 2.24) is 0 Å². The number of carbonyl (C=O) groups is 2. The number of nitrogens with zero attached hydrogens (tertiary/aromatic N) is 1. The molecule has 6 heteroatoms. The number of hydrogen-bond acceptors (Lipinski definition) is 4. The lowest BCUT2D eigenvalue weighted by atomic mass is 10.3. The van der Waals surface area contributed by atoms with E-state index in [0.29, 0.717) is 11.4 Å². The SMILES string of the molecule is COc1ccccc1S[C@H]1CC(=O)N(c2ccc(Br)cc2)C1=O. The van der Waals surface area contributed by atoms with Gasteiger partial charge in [0.05, 0.1) is 22.9 Å². The average Bonchev–Trinajstić information content (AvgIpc) is 2.83. The van der Waals surface area contributed by atoms with Gasteiger partial charge in [-0.1, -0.05) is 28.1 Å². The molecule has 0 N–H and O–H groups in total. The Kier molecular flexibility index (Phi) is 4.73. The number of imide groups is 1. The molecule has 23 heavy (non-hydrogen) atoms. The van der Waals surface area contributed by atoms with Crippen LogP contribution in [0.3, 0.4) is 0 Å². The minimum Gasteiger partial charge on any atom is -0.496 e. The Hall–Kier alpha value is -1.79. The van der Waals surface area contributed by atoms with Crippen LogP contribution in [0.25, 0.3) is 0 Å². The van der Waals surface area contributed by atoms with Crippen molar-refractivity contribution in [2.45, 2.75) is 16.6 Å². The van der Waals surface area contributed by atoms with E-state index in [2.05, 4.69) is 15.9 Å². The van der Waals surface area contributed by atoms with Gasteiger partial charge in [0.1, 0.15) is 5.75 Å². The van der Waals surface area contributed by atoms with Crippen LogP contribution in [-0.4, -0.2) is 24.2 Å². The first-order valence-electron chi connectivity index (χ1n) is 7.02. The molecule has 0 bridgehead atoms.